The lowest BCUT2D eigenvalue weighted by atomic mass is 10.1. The Bertz CT molecular complexity index is 1280. The number of nitrogens with one attached hydrogen (secondary N) is 1. The summed E-state index contributed by atoms with van der Waals surface area (Å²) in [5.41, 5.74) is 5.48. The molecule has 33 heavy (non-hydrogen) atoms. The van der Waals surface area contributed by atoms with E-state index in [1.54, 1.807) is 30.5 Å². The SMILES string of the molecule is COS(=O)(=O)N1CCN(c2ncnc3[nH]ccc23)CC12CC2C(Oc1ccccc1)C(N)=O. The summed E-state index contributed by atoms with van der Waals surface area (Å²) in [5, 5.41) is 0.833. The predicted molar refractivity (Wildman–Crippen MR) is 120 cm³/mol. The Hall–Kier alpha value is -3.22. The summed E-state index contributed by atoms with van der Waals surface area (Å²) >= 11 is 0. The largest absolute Gasteiger partial charge is 0.480 e. The first-order chi connectivity index (χ1) is 15.9. The highest BCUT2D eigenvalue weighted by Gasteiger charge is 2.68. The number of carbonyl (C=O) groups excluding carboxylic acids is 1. The fourth-order valence-corrected chi connectivity index (χ4v) is 6.00. The molecule has 2 aromatic heterocycles. The molecular formula is C21H24N6O5S. The highest BCUT2D eigenvalue weighted by molar-refractivity contribution is 7.84. The number of nitrogens with zero attached hydrogens (tertiary/aromatic N) is 4. The van der Waals surface area contributed by atoms with Crippen LogP contribution in [0.1, 0.15) is 6.42 Å². The molecule has 0 bridgehead atoms. The number of primary amides is 1. The van der Waals surface area contributed by atoms with Crippen molar-refractivity contribution in [1.29, 1.82) is 0 Å². The Morgan fingerprint density at radius 2 is 2.03 bits per heavy atom. The number of H-pyrrole nitrogens is 1. The average molecular weight is 473 g/mol. The van der Waals surface area contributed by atoms with Gasteiger partial charge in [0.2, 0.25) is 0 Å². The Morgan fingerprint density at radius 1 is 1.24 bits per heavy atom. The van der Waals surface area contributed by atoms with E-state index in [1.807, 2.05) is 17.0 Å². The minimum absolute atomic E-state index is 0.166. The molecule has 3 aromatic rings. The second-order valence-electron chi connectivity index (χ2n) is 8.22. The van der Waals surface area contributed by atoms with Crippen molar-refractivity contribution >= 4 is 33.1 Å². The number of aromatic amines is 1. The van der Waals surface area contributed by atoms with Crippen LogP contribution in [0.15, 0.2) is 48.9 Å². The molecule has 3 atom stereocenters. The molecule has 1 saturated carbocycles. The van der Waals surface area contributed by atoms with Crippen LogP contribution >= 0.6 is 0 Å². The van der Waals surface area contributed by atoms with E-state index in [2.05, 4.69) is 15.0 Å². The van der Waals surface area contributed by atoms with Gasteiger partial charge in [-0.2, -0.15) is 12.7 Å². The number of carbonyl (C=O) groups is 1. The van der Waals surface area contributed by atoms with E-state index >= 15 is 0 Å². The molecule has 11 nitrogen and oxygen atoms in total. The van der Waals surface area contributed by atoms with E-state index in [9.17, 15) is 13.2 Å². The minimum atomic E-state index is -4.01. The standard InChI is InChI=1S/C21H24N6O5S/c1-31-33(29,30)27-10-9-26(20-15-7-8-23-19(15)24-13-25-20)12-21(27)11-16(21)17(18(22)28)32-14-5-3-2-4-6-14/h2-8,13,16-17H,9-12H2,1H3,(H2,22,28)(H,23,24,25). The zero-order valence-corrected chi connectivity index (χ0v) is 18.7. The number of aromatic nitrogens is 3. The van der Waals surface area contributed by atoms with E-state index in [1.165, 1.54) is 10.6 Å². The quantitative estimate of drug-likeness (QED) is 0.510. The van der Waals surface area contributed by atoms with Crippen molar-refractivity contribution in [1.82, 2.24) is 19.3 Å². The number of amides is 1. The summed E-state index contributed by atoms with van der Waals surface area (Å²) in [6.45, 7) is 0.869. The molecule has 1 aliphatic heterocycles. The fourth-order valence-electron chi connectivity index (χ4n) is 4.80. The van der Waals surface area contributed by atoms with E-state index < -0.39 is 33.8 Å². The van der Waals surface area contributed by atoms with Gasteiger partial charge in [-0.05, 0) is 24.6 Å². The number of hydrogen-bond acceptors (Lipinski definition) is 8. The molecule has 3 heterocycles. The van der Waals surface area contributed by atoms with Crippen LogP contribution in [0, 0.1) is 5.92 Å². The van der Waals surface area contributed by atoms with Crippen LogP contribution in [-0.4, -0.2) is 72.0 Å². The summed E-state index contributed by atoms with van der Waals surface area (Å²) in [7, 11) is -2.88. The molecule has 3 unspecified atom stereocenters. The van der Waals surface area contributed by atoms with Gasteiger partial charge in [0, 0.05) is 31.7 Å². The minimum Gasteiger partial charge on any atom is -0.480 e. The molecule has 1 spiro atoms. The van der Waals surface area contributed by atoms with Crippen LogP contribution in [0.2, 0.25) is 0 Å². The van der Waals surface area contributed by atoms with Crippen LogP contribution in [-0.2, 0) is 19.3 Å². The van der Waals surface area contributed by atoms with Crippen molar-refractivity contribution < 1.29 is 22.1 Å². The van der Waals surface area contributed by atoms with Gasteiger partial charge in [0.1, 0.15) is 23.5 Å². The molecule has 1 aromatic carbocycles. The molecule has 2 fully saturated rings. The van der Waals surface area contributed by atoms with Gasteiger partial charge >= 0.3 is 10.3 Å². The third kappa shape index (κ3) is 3.69. The number of fused-ring (bicyclic) bond motifs is 1. The molecule has 1 saturated heterocycles. The topological polar surface area (TPSA) is 144 Å². The monoisotopic (exact) mass is 472 g/mol. The summed E-state index contributed by atoms with van der Waals surface area (Å²) in [5.74, 6) is 0.0801. The molecule has 174 valence electrons. The third-order valence-electron chi connectivity index (χ3n) is 6.40. The summed E-state index contributed by atoms with van der Waals surface area (Å²) in [6, 6.07) is 10.7. The van der Waals surface area contributed by atoms with Crippen LogP contribution in [0.4, 0.5) is 5.82 Å². The Kier molecular flexibility index (Phi) is 5.22. The second kappa shape index (κ2) is 7.97. The van der Waals surface area contributed by atoms with E-state index in [4.69, 9.17) is 14.7 Å². The van der Waals surface area contributed by atoms with Gasteiger partial charge in [-0.3, -0.25) is 8.98 Å². The van der Waals surface area contributed by atoms with Crippen LogP contribution in [0.5, 0.6) is 5.75 Å². The first-order valence-corrected chi connectivity index (χ1v) is 11.8. The predicted octanol–water partition coefficient (Wildman–Crippen LogP) is 0.663. The van der Waals surface area contributed by atoms with Gasteiger partial charge in [0.25, 0.3) is 5.91 Å². The number of nitrogens with two attached hydrogens (primary N) is 1. The molecule has 3 N–H and O–H groups in total. The summed E-state index contributed by atoms with van der Waals surface area (Å²) in [4.78, 5) is 26.1. The first-order valence-electron chi connectivity index (χ1n) is 10.5. The van der Waals surface area contributed by atoms with Gasteiger partial charge in [-0.25, -0.2) is 9.97 Å². The first kappa shape index (κ1) is 21.6. The van der Waals surface area contributed by atoms with Crippen molar-refractivity contribution in [3.8, 4) is 5.75 Å². The third-order valence-corrected chi connectivity index (χ3v) is 7.91. The maximum absolute atomic E-state index is 12.8. The highest BCUT2D eigenvalue weighted by atomic mass is 32.2. The van der Waals surface area contributed by atoms with Crippen molar-refractivity contribution in [2.45, 2.75) is 18.1 Å². The number of benzene rings is 1. The number of hydrogen-bond donors (Lipinski definition) is 2. The van der Waals surface area contributed by atoms with Crippen molar-refractivity contribution in [3.63, 3.8) is 0 Å². The Balaban J connectivity index is 1.50. The second-order valence-corrected chi connectivity index (χ2v) is 9.85. The Morgan fingerprint density at radius 3 is 2.76 bits per heavy atom. The number of ether oxygens (including phenoxy) is 1. The smallest absolute Gasteiger partial charge is 0.338 e. The van der Waals surface area contributed by atoms with Crippen molar-refractivity contribution in [2.24, 2.45) is 11.7 Å². The molecule has 1 aliphatic carbocycles. The molecule has 0 radical (unpaired) electrons. The highest BCUT2D eigenvalue weighted by Crippen LogP contribution is 2.54. The Labute approximate surface area is 190 Å². The maximum Gasteiger partial charge on any atom is 0.338 e. The number of para-hydroxylation sites is 1. The fraction of sp³-hybridized carbons (Fsp3) is 0.381. The van der Waals surface area contributed by atoms with Crippen molar-refractivity contribution in [2.75, 3.05) is 31.6 Å². The van der Waals surface area contributed by atoms with Gasteiger partial charge in [-0.15, -0.1) is 0 Å². The molecule has 2 aliphatic rings. The van der Waals surface area contributed by atoms with Crippen LogP contribution in [0.3, 0.4) is 0 Å². The number of rotatable bonds is 7. The normalized spacial score (nSPS) is 24.2. The molecule has 1 amide bonds. The zero-order valence-electron chi connectivity index (χ0n) is 17.9. The lowest BCUT2D eigenvalue weighted by Gasteiger charge is -2.42. The zero-order chi connectivity index (χ0) is 23.2. The number of piperazine rings is 1. The van der Waals surface area contributed by atoms with Gasteiger partial charge in [0.15, 0.2) is 6.10 Å². The lowest BCUT2D eigenvalue weighted by Crippen LogP contribution is -2.59. The number of anilines is 1. The van der Waals surface area contributed by atoms with Crippen molar-refractivity contribution in [3.05, 3.63) is 48.9 Å². The van der Waals surface area contributed by atoms with E-state index in [-0.39, 0.29) is 6.54 Å². The van der Waals surface area contributed by atoms with E-state index in [0.29, 0.717) is 36.7 Å². The van der Waals surface area contributed by atoms with Crippen LogP contribution < -0.4 is 15.4 Å². The summed E-state index contributed by atoms with van der Waals surface area (Å²) in [6.07, 6.45) is 2.64. The van der Waals surface area contributed by atoms with Gasteiger partial charge in [0.05, 0.1) is 18.0 Å². The lowest BCUT2D eigenvalue weighted by molar-refractivity contribution is -0.126. The van der Waals surface area contributed by atoms with Gasteiger partial charge in [-0.1, -0.05) is 18.2 Å². The summed E-state index contributed by atoms with van der Waals surface area (Å²) < 4.78 is 37.8. The molecule has 12 heteroatoms. The maximum atomic E-state index is 12.8. The van der Waals surface area contributed by atoms with Gasteiger partial charge < -0.3 is 20.4 Å². The molecular weight excluding hydrogens is 448 g/mol. The van der Waals surface area contributed by atoms with Crippen LogP contribution in [0.25, 0.3) is 11.0 Å². The average Bonchev–Trinajstić information content (AvgIpc) is 3.27. The molecule has 5 rings (SSSR count). The van der Waals surface area contributed by atoms with E-state index in [0.717, 1.165) is 12.5 Å².